The minimum absolute atomic E-state index is 0.0168. The fourth-order valence-corrected chi connectivity index (χ4v) is 2.90. The number of hydrogen-bond donors (Lipinski definition) is 1. The minimum Gasteiger partial charge on any atom is -0.455 e. The number of carbonyl (C=O) groups excluding carboxylic acids is 1. The Bertz CT molecular complexity index is 953. The van der Waals surface area contributed by atoms with Gasteiger partial charge in [0.2, 0.25) is 5.91 Å². The van der Waals surface area contributed by atoms with Crippen LogP contribution < -0.4 is 5.43 Å². The maximum Gasteiger partial charge on any atom is 0.269 e. The van der Waals surface area contributed by atoms with Gasteiger partial charge in [0.25, 0.3) is 5.69 Å². The molecule has 0 atom stereocenters. The number of thioether (sulfide) groups is 1. The summed E-state index contributed by atoms with van der Waals surface area (Å²) < 4.78 is 5.61. The van der Waals surface area contributed by atoms with Crippen LogP contribution in [0.5, 0.6) is 0 Å². The predicted molar refractivity (Wildman–Crippen MR) is 104 cm³/mol. The molecule has 1 aromatic heterocycles. The summed E-state index contributed by atoms with van der Waals surface area (Å²) in [6.07, 6.45) is 1.40. The number of non-ortho nitro benzene ring substituents is 1. The Balaban J connectivity index is 1.52. The molecule has 0 radical (unpaired) electrons. The van der Waals surface area contributed by atoms with Crippen LogP contribution in [0.4, 0.5) is 5.69 Å². The highest BCUT2D eigenvalue weighted by Gasteiger charge is 2.08. The molecule has 0 saturated heterocycles. The zero-order chi connectivity index (χ0) is 19.1. The average molecular weight is 381 g/mol. The molecule has 3 aromatic rings. The number of nitrogens with zero attached hydrogens (tertiary/aromatic N) is 2. The Morgan fingerprint density at radius 1 is 1.11 bits per heavy atom. The van der Waals surface area contributed by atoms with Gasteiger partial charge in [-0.15, -0.1) is 11.8 Å². The molecular weight excluding hydrogens is 366 g/mol. The number of hydrazone groups is 1. The molecule has 1 N–H and O–H groups in total. The molecule has 2 aromatic carbocycles. The van der Waals surface area contributed by atoms with Gasteiger partial charge in [-0.1, -0.05) is 18.2 Å². The number of carbonyl (C=O) groups is 1. The third kappa shape index (κ3) is 5.29. The van der Waals surface area contributed by atoms with Crippen molar-refractivity contribution in [3.63, 3.8) is 0 Å². The van der Waals surface area contributed by atoms with Gasteiger partial charge >= 0.3 is 0 Å². The largest absolute Gasteiger partial charge is 0.455 e. The lowest BCUT2D eigenvalue weighted by Crippen LogP contribution is -2.19. The predicted octanol–water partition coefficient (Wildman–Crippen LogP) is 4.10. The summed E-state index contributed by atoms with van der Waals surface area (Å²) in [5.41, 5.74) is 3.17. The molecule has 7 nitrogen and oxygen atoms in total. The highest BCUT2D eigenvalue weighted by atomic mass is 32.2. The first-order valence-corrected chi connectivity index (χ1v) is 8.95. The molecule has 0 aliphatic heterocycles. The molecule has 0 aliphatic rings. The Morgan fingerprint density at radius 2 is 1.85 bits per heavy atom. The highest BCUT2D eigenvalue weighted by Crippen LogP contribution is 2.24. The number of furan rings is 1. The van der Waals surface area contributed by atoms with Crippen LogP contribution in [0.3, 0.4) is 0 Å². The van der Waals surface area contributed by atoms with E-state index >= 15 is 0 Å². The topological polar surface area (TPSA) is 97.7 Å². The second kappa shape index (κ2) is 8.81. The van der Waals surface area contributed by atoms with Crippen molar-refractivity contribution in [1.82, 2.24) is 5.43 Å². The first-order valence-electron chi connectivity index (χ1n) is 7.96. The fraction of sp³-hybridized carbons (Fsp3) is 0.0526. The van der Waals surface area contributed by atoms with Crippen LogP contribution in [0.1, 0.15) is 5.76 Å². The van der Waals surface area contributed by atoms with Gasteiger partial charge < -0.3 is 4.42 Å². The van der Waals surface area contributed by atoms with Crippen LogP contribution in [0, 0.1) is 10.1 Å². The number of hydrogen-bond acceptors (Lipinski definition) is 6. The van der Waals surface area contributed by atoms with Crippen molar-refractivity contribution >= 4 is 29.6 Å². The summed E-state index contributed by atoms with van der Waals surface area (Å²) in [6, 6.07) is 19.1. The lowest BCUT2D eigenvalue weighted by molar-refractivity contribution is -0.384. The van der Waals surface area contributed by atoms with E-state index in [-0.39, 0.29) is 17.3 Å². The van der Waals surface area contributed by atoms with Gasteiger partial charge in [0.05, 0.1) is 16.9 Å². The molecule has 0 aliphatic carbocycles. The third-order valence-corrected chi connectivity index (χ3v) is 4.50. The number of rotatable bonds is 7. The molecular formula is C19H15N3O4S. The Kier molecular flexibility index (Phi) is 6.01. The number of benzene rings is 2. The van der Waals surface area contributed by atoms with Gasteiger partial charge in [-0.2, -0.15) is 5.10 Å². The van der Waals surface area contributed by atoms with Gasteiger partial charge in [-0.05, 0) is 36.4 Å². The van der Waals surface area contributed by atoms with Crippen LogP contribution in [-0.2, 0) is 4.79 Å². The highest BCUT2D eigenvalue weighted by molar-refractivity contribution is 8.00. The van der Waals surface area contributed by atoms with Crippen molar-refractivity contribution in [2.75, 3.05) is 5.75 Å². The maximum absolute atomic E-state index is 11.8. The van der Waals surface area contributed by atoms with Crippen molar-refractivity contribution in [2.45, 2.75) is 4.90 Å². The van der Waals surface area contributed by atoms with Crippen molar-refractivity contribution < 1.29 is 14.1 Å². The first kappa shape index (κ1) is 18.4. The van der Waals surface area contributed by atoms with Crippen LogP contribution in [0.2, 0.25) is 0 Å². The van der Waals surface area contributed by atoms with E-state index in [9.17, 15) is 14.9 Å². The minimum atomic E-state index is -0.456. The lowest BCUT2D eigenvalue weighted by Gasteiger charge is -2.00. The SMILES string of the molecule is O=C(CSc1ccccc1)N/N=C\c1ccc(-c2ccc([N+](=O)[O-])cc2)o1. The molecule has 3 rings (SSSR count). The zero-order valence-corrected chi connectivity index (χ0v) is 14.9. The van der Waals surface area contributed by atoms with Crippen LogP contribution in [-0.4, -0.2) is 22.8 Å². The second-order valence-electron chi connectivity index (χ2n) is 5.40. The summed E-state index contributed by atoms with van der Waals surface area (Å²) in [7, 11) is 0. The van der Waals surface area contributed by atoms with E-state index in [4.69, 9.17) is 4.42 Å². The molecule has 0 bridgehead atoms. The quantitative estimate of drug-likeness (QED) is 0.288. The number of nitro groups is 1. The van der Waals surface area contributed by atoms with E-state index in [2.05, 4.69) is 10.5 Å². The molecule has 0 fully saturated rings. The smallest absolute Gasteiger partial charge is 0.269 e. The summed E-state index contributed by atoms with van der Waals surface area (Å²) >= 11 is 1.42. The van der Waals surface area contributed by atoms with Gasteiger partial charge in [-0.25, -0.2) is 5.43 Å². The maximum atomic E-state index is 11.8. The van der Waals surface area contributed by atoms with E-state index in [0.29, 0.717) is 17.1 Å². The lowest BCUT2D eigenvalue weighted by atomic mass is 10.1. The van der Waals surface area contributed by atoms with Crippen molar-refractivity contribution in [3.8, 4) is 11.3 Å². The standard InChI is InChI=1S/C19H15N3O4S/c23-19(13-27-17-4-2-1-3-5-17)21-20-12-16-10-11-18(26-16)14-6-8-15(9-7-14)22(24)25/h1-12H,13H2,(H,21,23)/b20-12-. The second-order valence-corrected chi connectivity index (χ2v) is 6.45. The third-order valence-electron chi connectivity index (χ3n) is 3.48. The van der Waals surface area contributed by atoms with Crippen molar-refractivity contribution in [1.29, 1.82) is 0 Å². The molecule has 27 heavy (non-hydrogen) atoms. The van der Waals surface area contributed by atoms with Gasteiger partial charge in [0, 0.05) is 22.6 Å². The molecule has 0 saturated carbocycles. The van der Waals surface area contributed by atoms with Gasteiger partial charge in [-0.3, -0.25) is 14.9 Å². The number of nitrogens with one attached hydrogen (secondary N) is 1. The van der Waals surface area contributed by atoms with Crippen LogP contribution >= 0.6 is 11.8 Å². The van der Waals surface area contributed by atoms with Gasteiger partial charge in [0.15, 0.2) is 0 Å². The summed E-state index contributed by atoms with van der Waals surface area (Å²) in [5, 5.41) is 14.6. The zero-order valence-electron chi connectivity index (χ0n) is 14.1. The molecule has 136 valence electrons. The summed E-state index contributed by atoms with van der Waals surface area (Å²) in [5.74, 6) is 1.05. The van der Waals surface area contributed by atoms with E-state index in [1.807, 2.05) is 30.3 Å². The van der Waals surface area contributed by atoms with E-state index in [0.717, 1.165) is 4.90 Å². The molecule has 8 heteroatoms. The van der Waals surface area contributed by atoms with E-state index < -0.39 is 4.92 Å². The number of nitro benzene ring substituents is 1. The van der Waals surface area contributed by atoms with Gasteiger partial charge in [0.1, 0.15) is 11.5 Å². The number of amides is 1. The van der Waals surface area contributed by atoms with Crippen LogP contribution in [0.25, 0.3) is 11.3 Å². The Hall–Kier alpha value is -3.39. The van der Waals surface area contributed by atoms with Crippen molar-refractivity contribution in [3.05, 3.63) is 82.6 Å². The average Bonchev–Trinajstić information content (AvgIpc) is 3.16. The normalized spacial score (nSPS) is 10.8. The first-order chi connectivity index (χ1) is 13.1. The summed E-state index contributed by atoms with van der Waals surface area (Å²) in [6.45, 7) is 0. The Morgan fingerprint density at radius 3 is 2.56 bits per heavy atom. The van der Waals surface area contributed by atoms with Crippen LogP contribution in [0.15, 0.2) is 81.1 Å². The van der Waals surface area contributed by atoms with Crippen molar-refractivity contribution in [2.24, 2.45) is 5.10 Å². The monoisotopic (exact) mass is 381 g/mol. The molecule has 0 unspecified atom stereocenters. The molecule has 1 amide bonds. The molecule has 1 heterocycles. The van der Waals surface area contributed by atoms with E-state index in [1.165, 1.54) is 30.1 Å². The molecule has 0 spiro atoms. The fourth-order valence-electron chi connectivity index (χ4n) is 2.19. The summed E-state index contributed by atoms with van der Waals surface area (Å²) in [4.78, 5) is 23.0. The van der Waals surface area contributed by atoms with E-state index in [1.54, 1.807) is 24.3 Å². The Labute approximate surface area is 159 Å².